The predicted molar refractivity (Wildman–Crippen MR) is 182 cm³/mol. The van der Waals surface area contributed by atoms with Gasteiger partial charge in [-0.25, -0.2) is 0 Å². The molecule has 6 heteroatoms. The summed E-state index contributed by atoms with van der Waals surface area (Å²) >= 11 is 3.37. The van der Waals surface area contributed by atoms with Gasteiger partial charge in [0.25, 0.3) is 0 Å². The second kappa shape index (κ2) is 16.7. The first-order valence-electron chi connectivity index (χ1n) is 13.9. The summed E-state index contributed by atoms with van der Waals surface area (Å²) in [6, 6.07) is 52.5. The van der Waals surface area contributed by atoms with E-state index in [1.165, 1.54) is 0 Å². The monoisotopic (exact) mass is 640 g/mol. The van der Waals surface area contributed by atoms with Gasteiger partial charge in [-0.1, -0.05) is 174 Å². The minimum atomic E-state index is -1.34. The molecule has 4 nitrogen and oxygen atoms in total. The van der Waals surface area contributed by atoms with E-state index in [0.717, 1.165) is 26.7 Å². The number of carbonyl (C=O) groups is 2. The Morgan fingerprint density at radius 1 is 0.455 bits per heavy atom. The molecular weight excluding hydrogens is 611 g/mol. The van der Waals surface area contributed by atoms with Gasteiger partial charge in [-0.15, -0.1) is 0 Å². The summed E-state index contributed by atoms with van der Waals surface area (Å²) in [6.07, 6.45) is 0. The van der Waals surface area contributed by atoms with Crippen molar-refractivity contribution < 1.29 is 19.6 Å². The summed E-state index contributed by atoms with van der Waals surface area (Å²) in [5.74, 6) is 0.105. The normalized spacial score (nSPS) is 9.89. The van der Waals surface area contributed by atoms with E-state index in [-0.39, 0.29) is 11.6 Å². The molecule has 0 bridgehead atoms. The molecule has 0 aliphatic heterocycles. The lowest BCUT2D eigenvalue weighted by atomic mass is 9.81. The third-order valence-corrected chi connectivity index (χ3v) is 7.24. The van der Waals surface area contributed by atoms with E-state index in [1.807, 2.05) is 146 Å². The van der Waals surface area contributed by atoms with Crippen molar-refractivity contribution in [2.24, 2.45) is 0 Å². The average molecular weight is 641 g/mol. The van der Waals surface area contributed by atoms with Crippen molar-refractivity contribution in [1.82, 2.24) is 0 Å². The summed E-state index contributed by atoms with van der Waals surface area (Å²) in [4.78, 5) is 24.7. The maximum absolute atomic E-state index is 12.6. The molecule has 0 aliphatic carbocycles. The number of carbonyl (C=O) groups excluding carboxylic acids is 2. The fourth-order valence-electron chi connectivity index (χ4n) is 4.31. The minimum absolute atomic E-state index is 0.0445. The van der Waals surface area contributed by atoms with Crippen molar-refractivity contribution in [3.05, 3.63) is 197 Å². The van der Waals surface area contributed by atoms with Crippen molar-refractivity contribution in [3.8, 4) is 11.1 Å². The average Bonchev–Trinajstić information content (AvgIpc) is 3.10. The Morgan fingerprint density at radius 3 is 1.32 bits per heavy atom. The topological polar surface area (TPSA) is 74.6 Å². The van der Waals surface area contributed by atoms with Crippen LogP contribution in [0.5, 0.6) is 0 Å². The smallest absolute Gasteiger partial charge is 0.423 e. The van der Waals surface area contributed by atoms with Crippen LogP contribution in [0.1, 0.15) is 31.8 Å². The molecule has 0 aliphatic rings. The van der Waals surface area contributed by atoms with E-state index in [4.69, 9.17) is 10.0 Å². The van der Waals surface area contributed by atoms with E-state index >= 15 is 0 Å². The van der Waals surface area contributed by atoms with Crippen LogP contribution in [0.15, 0.2) is 174 Å². The largest absolute Gasteiger partial charge is 0.488 e. The molecule has 0 atom stereocenters. The third-order valence-electron chi connectivity index (χ3n) is 6.54. The Hall–Kier alpha value is -4.88. The summed E-state index contributed by atoms with van der Waals surface area (Å²) in [5, 5.41) is 17.2. The summed E-state index contributed by atoms with van der Waals surface area (Å²) in [6.45, 7) is 0. The lowest BCUT2D eigenvalue weighted by Crippen LogP contribution is -2.29. The van der Waals surface area contributed by atoms with Crippen LogP contribution in [0.3, 0.4) is 0 Å². The Morgan fingerprint density at radius 2 is 0.841 bits per heavy atom. The van der Waals surface area contributed by atoms with Gasteiger partial charge in [0.05, 0.1) is 0 Å². The van der Waals surface area contributed by atoms with Gasteiger partial charge in [0.15, 0.2) is 11.6 Å². The summed E-state index contributed by atoms with van der Waals surface area (Å²) < 4.78 is 0.832. The Balaban J connectivity index is 0.000000162. The van der Waals surface area contributed by atoms with Crippen LogP contribution in [0, 0.1) is 0 Å². The van der Waals surface area contributed by atoms with Gasteiger partial charge in [0, 0.05) is 26.7 Å². The lowest BCUT2D eigenvalue weighted by molar-refractivity contribution is 0.103. The number of rotatable bonds is 6. The molecule has 0 saturated carbocycles. The molecule has 216 valence electrons. The Bertz CT molecular complexity index is 1760. The zero-order chi connectivity index (χ0) is 31.1. The minimum Gasteiger partial charge on any atom is -0.423 e. The highest BCUT2D eigenvalue weighted by molar-refractivity contribution is 9.10. The number of halogens is 1. The van der Waals surface area contributed by atoms with Crippen LogP contribution >= 0.6 is 15.9 Å². The summed E-state index contributed by atoms with van der Waals surface area (Å²) in [5.41, 5.74) is 5.43. The molecule has 0 heterocycles. The van der Waals surface area contributed by atoms with Crippen LogP contribution in [0.4, 0.5) is 0 Å². The Labute approximate surface area is 266 Å². The van der Waals surface area contributed by atoms with E-state index in [9.17, 15) is 9.59 Å². The van der Waals surface area contributed by atoms with Crippen molar-refractivity contribution >= 4 is 40.1 Å². The highest BCUT2D eigenvalue weighted by Gasteiger charge is 2.14. The molecular formula is C38H30BBrO4. The van der Waals surface area contributed by atoms with Crippen LogP contribution < -0.4 is 5.46 Å². The molecule has 0 saturated heterocycles. The maximum Gasteiger partial charge on any atom is 0.488 e. The molecule has 0 amide bonds. The number of ketones is 2. The van der Waals surface area contributed by atoms with E-state index in [2.05, 4.69) is 15.9 Å². The van der Waals surface area contributed by atoms with Crippen molar-refractivity contribution in [2.75, 3.05) is 0 Å². The second-order valence-electron chi connectivity index (χ2n) is 9.57. The highest BCUT2D eigenvalue weighted by Crippen LogP contribution is 2.25. The van der Waals surface area contributed by atoms with Crippen LogP contribution in [0.2, 0.25) is 0 Å². The first kappa shape index (κ1) is 32.0. The van der Waals surface area contributed by atoms with E-state index in [1.54, 1.807) is 24.3 Å². The molecule has 6 rings (SSSR count). The number of benzene rings is 6. The molecule has 0 fully saturated rings. The van der Waals surface area contributed by atoms with Gasteiger partial charge in [0.1, 0.15) is 0 Å². The van der Waals surface area contributed by atoms with Crippen molar-refractivity contribution in [1.29, 1.82) is 0 Å². The van der Waals surface area contributed by atoms with Crippen LogP contribution in [-0.4, -0.2) is 28.7 Å². The fraction of sp³-hybridized carbons (Fsp3) is 0. The first-order valence-corrected chi connectivity index (χ1v) is 14.7. The maximum atomic E-state index is 12.6. The first-order chi connectivity index (χ1) is 21.5. The van der Waals surface area contributed by atoms with E-state index in [0.29, 0.717) is 16.6 Å². The molecule has 0 aromatic heterocycles. The standard InChI is InChI=1S/C19H14O.C13H9BrO.C6H7BO2/c20-19(16-11-5-2-6-12-16)18-14-8-7-13-17(18)15-9-3-1-4-10-15;14-12-9-5-4-8-11(12)13(15)10-6-2-1-3-7-10;8-7(9)6-4-2-1-3-5-6/h1-14H;1-9H;1-5,8-9H. The molecule has 6 aromatic carbocycles. The summed E-state index contributed by atoms with van der Waals surface area (Å²) in [7, 11) is -1.34. The zero-order valence-electron chi connectivity index (χ0n) is 23.8. The molecule has 0 radical (unpaired) electrons. The molecule has 0 unspecified atom stereocenters. The fourth-order valence-corrected chi connectivity index (χ4v) is 4.78. The third kappa shape index (κ3) is 9.06. The Kier molecular flexibility index (Phi) is 12.1. The molecule has 0 spiro atoms. The predicted octanol–water partition coefficient (Wildman–Crippen LogP) is 7.63. The van der Waals surface area contributed by atoms with Crippen LogP contribution in [0.25, 0.3) is 11.1 Å². The lowest BCUT2D eigenvalue weighted by Gasteiger charge is -2.09. The zero-order valence-corrected chi connectivity index (χ0v) is 25.4. The van der Waals surface area contributed by atoms with Gasteiger partial charge in [-0.2, -0.15) is 0 Å². The molecule has 2 N–H and O–H groups in total. The second-order valence-corrected chi connectivity index (χ2v) is 10.4. The van der Waals surface area contributed by atoms with Crippen molar-refractivity contribution in [2.45, 2.75) is 0 Å². The van der Waals surface area contributed by atoms with Gasteiger partial charge < -0.3 is 10.0 Å². The van der Waals surface area contributed by atoms with Crippen LogP contribution in [-0.2, 0) is 0 Å². The van der Waals surface area contributed by atoms with Gasteiger partial charge in [0.2, 0.25) is 0 Å². The van der Waals surface area contributed by atoms with Gasteiger partial charge in [-0.3, -0.25) is 9.59 Å². The number of hydrogen-bond acceptors (Lipinski definition) is 4. The quantitative estimate of drug-likeness (QED) is 0.145. The van der Waals surface area contributed by atoms with Crippen molar-refractivity contribution in [3.63, 3.8) is 0 Å². The molecule has 6 aromatic rings. The number of hydrogen-bond donors (Lipinski definition) is 2. The highest BCUT2D eigenvalue weighted by atomic mass is 79.9. The van der Waals surface area contributed by atoms with Gasteiger partial charge in [-0.05, 0) is 28.7 Å². The van der Waals surface area contributed by atoms with E-state index < -0.39 is 7.12 Å². The SMILES string of the molecule is O=C(c1ccccc1)c1ccccc1-c1ccccc1.O=C(c1ccccc1)c1ccccc1Br.OB(O)c1ccccc1. The molecule has 44 heavy (non-hydrogen) atoms. The van der Waals surface area contributed by atoms with Gasteiger partial charge >= 0.3 is 7.12 Å².